The SMILES string of the molecule is OCCCNc1nccc2occc12. The fraction of sp³-hybridized carbons (Fsp3) is 0.300. The highest BCUT2D eigenvalue weighted by Crippen LogP contribution is 2.21. The maximum atomic E-state index is 8.64. The highest BCUT2D eigenvalue weighted by molar-refractivity contribution is 5.87. The van der Waals surface area contributed by atoms with Crippen molar-refractivity contribution in [2.75, 3.05) is 18.5 Å². The summed E-state index contributed by atoms with van der Waals surface area (Å²) in [5.74, 6) is 0.810. The van der Waals surface area contributed by atoms with Crippen molar-refractivity contribution < 1.29 is 9.52 Å². The topological polar surface area (TPSA) is 58.3 Å². The number of pyridine rings is 1. The number of nitrogens with one attached hydrogen (secondary N) is 1. The Bertz CT molecular complexity index is 411. The number of aromatic nitrogens is 1. The zero-order valence-corrected chi connectivity index (χ0v) is 7.73. The summed E-state index contributed by atoms with van der Waals surface area (Å²) in [7, 11) is 0. The molecule has 0 radical (unpaired) electrons. The minimum atomic E-state index is 0.189. The fourth-order valence-corrected chi connectivity index (χ4v) is 1.32. The van der Waals surface area contributed by atoms with Crippen molar-refractivity contribution in [2.45, 2.75) is 6.42 Å². The van der Waals surface area contributed by atoms with Crippen molar-refractivity contribution in [3.05, 3.63) is 24.6 Å². The molecule has 14 heavy (non-hydrogen) atoms. The summed E-state index contributed by atoms with van der Waals surface area (Å²) < 4.78 is 5.24. The lowest BCUT2D eigenvalue weighted by molar-refractivity contribution is 0.292. The van der Waals surface area contributed by atoms with Crippen molar-refractivity contribution in [1.29, 1.82) is 0 Å². The van der Waals surface area contributed by atoms with Crippen molar-refractivity contribution in [2.24, 2.45) is 0 Å². The Kier molecular flexibility index (Phi) is 2.65. The molecule has 0 saturated carbocycles. The number of hydrogen-bond acceptors (Lipinski definition) is 4. The minimum absolute atomic E-state index is 0.189. The minimum Gasteiger partial charge on any atom is -0.464 e. The fourth-order valence-electron chi connectivity index (χ4n) is 1.32. The van der Waals surface area contributed by atoms with E-state index in [1.165, 1.54) is 0 Å². The second kappa shape index (κ2) is 4.11. The monoisotopic (exact) mass is 192 g/mol. The Morgan fingerprint density at radius 1 is 1.43 bits per heavy atom. The van der Waals surface area contributed by atoms with E-state index in [1.54, 1.807) is 12.5 Å². The summed E-state index contributed by atoms with van der Waals surface area (Å²) >= 11 is 0. The molecule has 0 saturated heterocycles. The highest BCUT2D eigenvalue weighted by Gasteiger charge is 2.02. The van der Waals surface area contributed by atoms with Gasteiger partial charge in [-0.05, 0) is 18.6 Å². The van der Waals surface area contributed by atoms with Crippen LogP contribution in [0.5, 0.6) is 0 Å². The Morgan fingerprint density at radius 3 is 3.21 bits per heavy atom. The van der Waals surface area contributed by atoms with Gasteiger partial charge in [0.15, 0.2) is 0 Å². The van der Waals surface area contributed by atoms with Crippen LogP contribution in [0.2, 0.25) is 0 Å². The molecule has 2 N–H and O–H groups in total. The summed E-state index contributed by atoms with van der Waals surface area (Å²) in [6.07, 6.45) is 4.06. The lowest BCUT2D eigenvalue weighted by Crippen LogP contribution is -2.04. The van der Waals surface area contributed by atoms with Gasteiger partial charge in [-0.2, -0.15) is 0 Å². The van der Waals surface area contributed by atoms with Gasteiger partial charge in [0.2, 0.25) is 0 Å². The molecule has 2 rings (SSSR count). The van der Waals surface area contributed by atoms with E-state index in [0.29, 0.717) is 6.54 Å². The van der Waals surface area contributed by atoms with Gasteiger partial charge in [0, 0.05) is 19.3 Å². The normalized spacial score (nSPS) is 10.6. The predicted molar refractivity (Wildman–Crippen MR) is 54.2 cm³/mol. The van der Waals surface area contributed by atoms with E-state index < -0.39 is 0 Å². The summed E-state index contributed by atoms with van der Waals surface area (Å²) in [6, 6.07) is 3.70. The number of aliphatic hydroxyl groups is 1. The number of anilines is 1. The standard InChI is InChI=1S/C10H12N2O2/c13-6-1-4-11-10-8-3-7-14-9(8)2-5-12-10/h2-3,5,7,13H,1,4,6H2,(H,11,12). The first-order valence-electron chi connectivity index (χ1n) is 4.59. The van der Waals surface area contributed by atoms with E-state index in [1.807, 2.05) is 12.1 Å². The summed E-state index contributed by atoms with van der Waals surface area (Å²) in [4.78, 5) is 4.20. The van der Waals surface area contributed by atoms with Crippen molar-refractivity contribution >= 4 is 16.8 Å². The van der Waals surface area contributed by atoms with Crippen LogP contribution < -0.4 is 5.32 Å². The van der Waals surface area contributed by atoms with Crippen molar-refractivity contribution in [1.82, 2.24) is 4.98 Å². The van der Waals surface area contributed by atoms with E-state index in [2.05, 4.69) is 10.3 Å². The van der Waals surface area contributed by atoms with Gasteiger partial charge >= 0.3 is 0 Å². The predicted octanol–water partition coefficient (Wildman–Crippen LogP) is 1.62. The molecule has 0 aliphatic rings. The molecule has 74 valence electrons. The molecular weight excluding hydrogens is 180 g/mol. The maximum Gasteiger partial charge on any atom is 0.139 e. The quantitative estimate of drug-likeness (QED) is 0.723. The van der Waals surface area contributed by atoms with Crippen LogP contribution in [0.4, 0.5) is 5.82 Å². The Morgan fingerprint density at radius 2 is 2.36 bits per heavy atom. The van der Waals surface area contributed by atoms with Gasteiger partial charge in [-0.1, -0.05) is 0 Å². The van der Waals surface area contributed by atoms with Gasteiger partial charge in [0.1, 0.15) is 11.4 Å². The number of aliphatic hydroxyl groups excluding tert-OH is 1. The highest BCUT2D eigenvalue weighted by atomic mass is 16.3. The van der Waals surface area contributed by atoms with Gasteiger partial charge < -0.3 is 14.8 Å². The molecule has 0 aliphatic carbocycles. The summed E-state index contributed by atoms with van der Waals surface area (Å²) in [5, 5.41) is 12.8. The van der Waals surface area contributed by atoms with E-state index in [0.717, 1.165) is 23.2 Å². The largest absolute Gasteiger partial charge is 0.464 e. The number of hydrogen-bond donors (Lipinski definition) is 2. The van der Waals surface area contributed by atoms with E-state index in [4.69, 9.17) is 9.52 Å². The zero-order valence-electron chi connectivity index (χ0n) is 7.73. The van der Waals surface area contributed by atoms with Gasteiger partial charge in [-0.15, -0.1) is 0 Å². The number of furan rings is 1. The average Bonchev–Trinajstić information content (AvgIpc) is 2.67. The van der Waals surface area contributed by atoms with E-state index in [9.17, 15) is 0 Å². The third-order valence-corrected chi connectivity index (χ3v) is 2.01. The average molecular weight is 192 g/mol. The Hall–Kier alpha value is -1.55. The first kappa shape index (κ1) is 9.02. The first-order valence-corrected chi connectivity index (χ1v) is 4.59. The van der Waals surface area contributed by atoms with Crippen molar-refractivity contribution in [3.8, 4) is 0 Å². The van der Waals surface area contributed by atoms with Gasteiger partial charge in [0.25, 0.3) is 0 Å². The molecule has 4 nitrogen and oxygen atoms in total. The summed E-state index contributed by atoms with van der Waals surface area (Å²) in [5.41, 5.74) is 0.825. The Labute approximate surface area is 81.6 Å². The molecule has 0 atom stereocenters. The maximum absolute atomic E-state index is 8.64. The molecule has 0 amide bonds. The second-order valence-electron chi connectivity index (χ2n) is 3.00. The molecule has 0 unspecified atom stereocenters. The van der Waals surface area contributed by atoms with Crippen LogP contribution in [0, 0.1) is 0 Å². The molecule has 4 heteroatoms. The molecule has 0 spiro atoms. The van der Waals surface area contributed by atoms with Crippen LogP contribution in [-0.2, 0) is 0 Å². The van der Waals surface area contributed by atoms with Crippen LogP contribution in [0.1, 0.15) is 6.42 Å². The number of rotatable bonds is 4. The summed E-state index contributed by atoms with van der Waals surface area (Å²) in [6.45, 7) is 0.905. The third-order valence-electron chi connectivity index (χ3n) is 2.01. The van der Waals surface area contributed by atoms with Crippen LogP contribution in [0.3, 0.4) is 0 Å². The second-order valence-corrected chi connectivity index (χ2v) is 3.00. The van der Waals surface area contributed by atoms with Crippen LogP contribution in [0.25, 0.3) is 11.0 Å². The van der Waals surface area contributed by atoms with Crippen LogP contribution in [-0.4, -0.2) is 23.2 Å². The van der Waals surface area contributed by atoms with Gasteiger partial charge in [-0.25, -0.2) is 4.98 Å². The van der Waals surface area contributed by atoms with Gasteiger partial charge in [-0.3, -0.25) is 0 Å². The molecule has 0 fully saturated rings. The molecular formula is C10H12N2O2. The number of nitrogens with zero attached hydrogens (tertiary/aromatic N) is 1. The molecule has 0 aliphatic heterocycles. The van der Waals surface area contributed by atoms with E-state index in [-0.39, 0.29) is 6.61 Å². The molecule has 0 bridgehead atoms. The van der Waals surface area contributed by atoms with Crippen LogP contribution >= 0.6 is 0 Å². The molecule has 0 aromatic carbocycles. The van der Waals surface area contributed by atoms with Gasteiger partial charge in [0.05, 0.1) is 11.6 Å². The Balaban J connectivity index is 2.19. The lowest BCUT2D eigenvalue weighted by atomic mass is 10.3. The van der Waals surface area contributed by atoms with Crippen LogP contribution in [0.15, 0.2) is 29.0 Å². The molecule has 2 heterocycles. The first-order chi connectivity index (χ1) is 6.92. The zero-order chi connectivity index (χ0) is 9.80. The number of fused-ring (bicyclic) bond motifs is 1. The third kappa shape index (κ3) is 1.70. The molecule has 2 aromatic rings. The van der Waals surface area contributed by atoms with Crippen molar-refractivity contribution in [3.63, 3.8) is 0 Å². The lowest BCUT2D eigenvalue weighted by Gasteiger charge is -2.04. The molecule has 2 aromatic heterocycles. The smallest absolute Gasteiger partial charge is 0.139 e. The van der Waals surface area contributed by atoms with E-state index >= 15 is 0 Å².